The molecule has 3 rings (SSSR count). The molecule has 0 amide bonds. The summed E-state index contributed by atoms with van der Waals surface area (Å²) >= 11 is 11.8. The number of nitrogens with zero attached hydrogens (tertiary/aromatic N) is 2. The monoisotopic (exact) mass is 326 g/mol. The molecule has 0 saturated heterocycles. The number of aromatic nitrogens is 2. The Labute approximate surface area is 130 Å². The van der Waals surface area contributed by atoms with Crippen molar-refractivity contribution >= 4 is 29.2 Å². The summed E-state index contributed by atoms with van der Waals surface area (Å²) in [6.07, 6.45) is 1.93. The number of rotatable bonds is 3. The molecule has 110 valence electrons. The lowest BCUT2D eigenvalue weighted by molar-refractivity contribution is -0.141. The van der Waals surface area contributed by atoms with Crippen LogP contribution in [-0.4, -0.2) is 21.2 Å². The second-order valence-electron chi connectivity index (χ2n) is 5.13. The first-order valence-corrected chi connectivity index (χ1v) is 7.32. The SMILES string of the molecule is O=C(O)C1CCC(c2nc(-c3ccc(Cl)c(Cl)c3)no2)C1. The molecule has 0 bridgehead atoms. The molecule has 21 heavy (non-hydrogen) atoms. The van der Waals surface area contributed by atoms with Gasteiger partial charge in [-0.3, -0.25) is 4.79 Å². The second kappa shape index (κ2) is 5.66. The largest absolute Gasteiger partial charge is 0.481 e. The number of carboxylic acids is 1. The Balaban J connectivity index is 1.80. The Kier molecular flexibility index (Phi) is 3.87. The number of halogens is 2. The molecule has 2 aromatic rings. The average molecular weight is 327 g/mol. The molecular weight excluding hydrogens is 315 g/mol. The van der Waals surface area contributed by atoms with Crippen LogP contribution in [0.4, 0.5) is 0 Å². The lowest BCUT2D eigenvalue weighted by atomic mass is 10.1. The molecule has 5 nitrogen and oxygen atoms in total. The van der Waals surface area contributed by atoms with E-state index in [-0.39, 0.29) is 11.8 Å². The maximum Gasteiger partial charge on any atom is 0.306 e. The van der Waals surface area contributed by atoms with Gasteiger partial charge in [-0.05, 0) is 37.5 Å². The lowest BCUT2D eigenvalue weighted by Gasteiger charge is -2.02. The fourth-order valence-corrected chi connectivity index (χ4v) is 2.88. The van der Waals surface area contributed by atoms with E-state index >= 15 is 0 Å². The zero-order valence-corrected chi connectivity index (χ0v) is 12.4. The molecule has 1 N–H and O–H groups in total. The zero-order chi connectivity index (χ0) is 15.0. The molecule has 0 aliphatic heterocycles. The molecule has 7 heteroatoms. The summed E-state index contributed by atoms with van der Waals surface area (Å²) in [7, 11) is 0. The van der Waals surface area contributed by atoms with Crippen LogP contribution in [0.15, 0.2) is 22.7 Å². The van der Waals surface area contributed by atoms with Gasteiger partial charge in [-0.15, -0.1) is 0 Å². The van der Waals surface area contributed by atoms with Crippen LogP contribution >= 0.6 is 23.2 Å². The molecular formula is C14H12Cl2N2O3. The molecule has 1 aliphatic rings. The zero-order valence-electron chi connectivity index (χ0n) is 10.9. The van der Waals surface area contributed by atoms with Crippen LogP contribution in [0.25, 0.3) is 11.4 Å². The molecule has 1 heterocycles. The summed E-state index contributed by atoms with van der Waals surface area (Å²) < 4.78 is 5.27. The van der Waals surface area contributed by atoms with Crippen LogP contribution in [0.1, 0.15) is 31.1 Å². The molecule has 0 radical (unpaired) electrons. The predicted octanol–water partition coefficient (Wildman–Crippen LogP) is 4.01. The number of hydrogen-bond donors (Lipinski definition) is 1. The van der Waals surface area contributed by atoms with E-state index in [4.69, 9.17) is 32.8 Å². The van der Waals surface area contributed by atoms with E-state index in [0.717, 1.165) is 6.42 Å². The molecule has 0 spiro atoms. The number of carbonyl (C=O) groups is 1. The van der Waals surface area contributed by atoms with Gasteiger partial charge in [0, 0.05) is 11.5 Å². The highest BCUT2D eigenvalue weighted by molar-refractivity contribution is 6.42. The minimum Gasteiger partial charge on any atom is -0.481 e. The number of hydrogen-bond acceptors (Lipinski definition) is 4. The Morgan fingerprint density at radius 1 is 1.29 bits per heavy atom. The maximum atomic E-state index is 11.0. The van der Waals surface area contributed by atoms with Gasteiger partial charge >= 0.3 is 5.97 Å². The highest BCUT2D eigenvalue weighted by atomic mass is 35.5. The quantitative estimate of drug-likeness (QED) is 0.922. The van der Waals surface area contributed by atoms with Crippen LogP contribution in [0.2, 0.25) is 10.0 Å². The van der Waals surface area contributed by atoms with Crippen molar-refractivity contribution < 1.29 is 14.4 Å². The van der Waals surface area contributed by atoms with Crippen LogP contribution in [0.5, 0.6) is 0 Å². The van der Waals surface area contributed by atoms with Gasteiger partial charge in [0.25, 0.3) is 0 Å². The summed E-state index contributed by atoms with van der Waals surface area (Å²) in [6.45, 7) is 0. The molecule has 1 aromatic carbocycles. The fourth-order valence-electron chi connectivity index (χ4n) is 2.58. The van der Waals surface area contributed by atoms with Crippen molar-refractivity contribution in [3.63, 3.8) is 0 Å². The first kappa shape index (κ1) is 14.4. The highest BCUT2D eigenvalue weighted by Crippen LogP contribution is 2.38. The third kappa shape index (κ3) is 2.89. The fraction of sp³-hybridized carbons (Fsp3) is 0.357. The second-order valence-corrected chi connectivity index (χ2v) is 5.94. The van der Waals surface area contributed by atoms with E-state index in [0.29, 0.717) is 40.2 Å². The van der Waals surface area contributed by atoms with E-state index in [9.17, 15) is 4.79 Å². The number of carboxylic acid groups (broad SMARTS) is 1. The number of benzene rings is 1. The van der Waals surface area contributed by atoms with E-state index in [2.05, 4.69) is 10.1 Å². The number of aliphatic carboxylic acids is 1. The van der Waals surface area contributed by atoms with Crippen molar-refractivity contribution in [2.24, 2.45) is 5.92 Å². The van der Waals surface area contributed by atoms with Gasteiger partial charge < -0.3 is 9.63 Å². The Bertz CT molecular complexity index is 687. The average Bonchev–Trinajstić information content (AvgIpc) is 3.09. The van der Waals surface area contributed by atoms with Gasteiger partial charge in [0.15, 0.2) is 0 Å². The topological polar surface area (TPSA) is 76.2 Å². The smallest absolute Gasteiger partial charge is 0.306 e. The Morgan fingerprint density at radius 2 is 2.10 bits per heavy atom. The summed E-state index contributed by atoms with van der Waals surface area (Å²) in [6, 6.07) is 5.11. The van der Waals surface area contributed by atoms with Crippen LogP contribution < -0.4 is 0 Å². The maximum absolute atomic E-state index is 11.0. The van der Waals surface area contributed by atoms with E-state index in [1.165, 1.54) is 0 Å². The third-order valence-electron chi connectivity index (χ3n) is 3.75. The van der Waals surface area contributed by atoms with Gasteiger partial charge in [-0.25, -0.2) is 0 Å². The lowest BCUT2D eigenvalue weighted by Crippen LogP contribution is -2.09. The molecule has 1 aromatic heterocycles. The van der Waals surface area contributed by atoms with Crippen molar-refractivity contribution in [1.29, 1.82) is 0 Å². The third-order valence-corrected chi connectivity index (χ3v) is 4.49. The highest BCUT2D eigenvalue weighted by Gasteiger charge is 2.33. The molecule has 1 fully saturated rings. The predicted molar refractivity (Wildman–Crippen MR) is 77.5 cm³/mol. The molecule has 2 atom stereocenters. The van der Waals surface area contributed by atoms with Crippen molar-refractivity contribution in [3.05, 3.63) is 34.1 Å². The van der Waals surface area contributed by atoms with Crippen molar-refractivity contribution in [3.8, 4) is 11.4 Å². The van der Waals surface area contributed by atoms with Gasteiger partial charge in [0.1, 0.15) is 0 Å². The molecule has 1 aliphatic carbocycles. The van der Waals surface area contributed by atoms with Gasteiger partial charge in [0.2, 0.25) is 11.7 Å². The van der Waals surface area contributed by atoms with Crippen molar-refractivity contribution in [1.82, 2.24) is 10.1 Å². The van der Waals surface area contributed by atoms with E-state index in [1.807, 2.05) is 0 Å². The van der Waals surface area contributed by atoms with E-state index in [1.54, 1.807) is 18.2 Å². The first-order chi connectivity index (χ1) is 10.0. The Hall–Kier alpha value is -1.59. The van der Waals surface area contributed by atoms with Crippen LogP contribution in [0.3, 0.4) is 0 Å². The molecule has 2 unspecified atom stereocenters. The minimum absolute atomic E-state index is 0.00937. The summed E-state index contributed by atoms with van der Waals surface area (Å²) in [5, 5.41) is 13.8. The normalized spacial score (nSPS) is 21.6. The van der Waals surface area contributed by atoms with E-state index < -0.39 is 5.97 Å². The van der Waals surface area contributed by atoms with Gasteiger partial charge in [-0.1, -0.05) is 28.4 Å². The summed E-state index contributed by atoms with van der Waals surface area (Å²) in [5.74, 6) is -0.158. The first-order valence-electron chi connectivity index (χ1n) is 6.56. The standard InChI is InChI=1S/C14H12Cl2N2O3/c15-10-4-3-7(6-11(10)16)12-17-13(21-18-12)8-1-2-9(5-8)14(19)20/h3-4,6,8-9H,1-2,5H2,(H,19,20). The molecule has 1 saturated carbocycles. The van der Waals surface area contributed by atoms with Crippen LogP contribution in [0, 0.1) is 5.92 Å². The Morgan fingerprint density at radius 3 is 2.76 bits per heavy atom. The van der Waals surface area contributed by atoms with Gasteiger partial charge in [0.05, 0.1) is 16.0 Å². The van der Waals surface area contributed by atoms with Gasteiger partial charge in [-0.2, -0.15) is 4.98 Å². The summed E-state index contributed by atoms with van der Waals surface area (Å²) in [5.41, 5.74) is 0.715. The summed E-state index contributed by atoms with van der Waals surface area (Å²) in [4.78, 5) is 15.3. The van der Waals surface area contributed by atoms with Crippen molar-refractivity contribution in [2.45, 2.75) is 25.2 Å². The van der Waals surface area contributed by atoms with Crippen molar-refractivity contribution in [2.75, 3.05) is 0 Å². The minimum atomic E-state index is -0.762. The van der Waals surface area contributed by atoms with Crippen LogP contribution in [-0.2, 0) is 4.79 Å².